The summed E-state index contributed by atoms with van der Waals surface area (Å²) < 4.78 is 5.13. The van der Waals surface area contributed by atoms with Crippen LogP contribution in [-0.4, -0.2) is 40.3 Å². The third kappa shape index (κ3) is 2.83. The molecule has 1 aromatic heterocycles. The fourth-order valence-electron chi connectivity index (χ4n) is 2.92. The zero-order valence-electron chi connectivity index (χ0n) is 11.3. The molecular formula is C13H20N4O3. The SMILES string of the molecule is O=C(NCC1CCCC1O)c1noc(C2CCCN2)n1. The van der Waals surface area contributed by atoms with Crippen LogP contribution in [0.5, 0.6) is 0 Å². The largest absolute Gasteiger partial charge is 0.393 e. The first-order chi connectivity index (χ1) is 9.74. The van der Waals surface area contributed by atoms with Gasteiger partial charge in [-0.2, -0.15) is 4.98 Å². The summed E-state index contributed by atoms with van der Waals surface area (Å²) in [5.41, 5.74) is 0. The second-order valence-electron chi connectivity index (χ2n) is 5.57. The molecule has 7 nitrogen and oxygen atoms in total. The van der Waals surface area contributed by atoms with Crippen LogP contribution in [0.4, 0.5) is 0 Å². The molecule has 3 atom stereocenters. The van der Waals surface area contributed by atoms with Crippen LogP contribution in [0.3, 0.4) is 0 Å². The van der Waals surface area contributed by atoms with Gasteiger partial charge in [-0.25, -0.2) is 0 Å². The van der Waals surface area contributed by atoms with E-state index in [9.17, 15) is 9.90 Å². The van der Waals surface area contributed by atoms with Gasteiger partial charge in [-0.1, -0.05) is 11.6 Å². The monoisotopic (exact) mass is 280 g/mol. The van der Waals surface area contributed by atoms with Crippen LogP contribution in [-0.2, 0) is 0 Å². The molecule has 2 heterocycles. The van der Waals surface area contributed by atoms with E-state index in [1.54, 1.807) is 0 Å². The summed E-state index contributed by atoms with van der Waals surface area (Å²) in [7, 11) is 0. The van der Waals surface area contributed by atoms with Crippen LogP contribution >= 0.6 is 0 Å². The molecule has 110 valence electrons. The van der Waals surface area contributed by atoms with E-state index >= 15 is 0 Å². The molecule has 20 heavy (non-hydrogen) atoms. The number of nitrogens with one attached hydrogen (secondary N) is 2. The molecule has 3 rings (SSSR count). The summed E-state index contributed by atoms with van der Waals surface area (Å²) in [5.74, 6) is 0.355. The number of rotatable bonds is 4. The number of aliphatic hydroxyl groups excluding tert-OH is 1. The first-order valence-electron chi connectivity index (χ1n) is 7.27. The molecule has 7 heteroatoms. The van der Waals surface area contributed by atoms with Crippen LogP contribution < -0.4 is 10.6 Å². The smallest absolute Gasteiger partial charge is 0.292 e. The average Bonchev–Trinajstić information content (AvgIpc) is 3.17. The second kappa shape index (κ2) is 5.88. The van der Waals surface area contributed by atoms with Crippen molar-refractivity contribution in [2.24, 2.45) is 5.92 Å². The van der Waals surface area contributed by atoms with Crippen molar-refractivity contribution in [3.05, 3.63) is 11.7 Å². The molecule has 0 aromatic carbocycles. The maximum atomic E-state index is 11.9. The van der Waals surface area contributed by atoms with E-state index in [1.165, 1.54) is 0 Å². The summed E-state index contributed by atoms with van der Waals surface area (Å²) >= 11 is 0. The van der Waals surface area contributed by atoms with Crippen LogP contribution in [0, 0.1) is 5.92 Å². The van der Waals surface area contributed by atoms with Crippen molar-refractivity contribution in [3.63, 3.8) is 0 Å². The molecule has 1 aliphatic carbocycles. The van der Waals surface area contributed by atoms with Gasteiger partial charge in [0.15, 0.2) is 0 Å². The molecular weight excluding hydrogens is 260 g/mol. The Labute approximate surface area is 117 Å². The molecule has 1 saturated heterocycles. The van der Waals surface area contributed by atoms with Crippen molar-refractivity contribution in [1.82, 2.24) is 20.8 Å². The van der Waals surface area contributed by atoms with Gasteiger partial charge in [-0.15, -0.1) is 0 Å². The number of hydrogen-bond donors (Lipinski definition) is 3. The Balaban J connectivity index is 1.54. The third-order valence-corrected chi connectivity index (χ3v) is 4.15. The highest BCUT2D eigenvalue weighted by Gasteiger charge is 2.27. The summed E-state index contributed by atoms with van der Waals surface area (Å²) in [5, 5.41) is 19.5. The normalized spacial score (nSPS) is 29.8. The number of carbonyl (C=O) groups excluding carboxylic acids is 1. The Morgan fingerprint density at radius 2 is 2.30 bits per heavy atom. The lowest BCUT2D eigenvalue weighted by Crippen LogP contribution is -2.33. The predicted molar refractivity (Wildman–Crippen MR) is 70.0 cm³/mol. The Morgan fingerprint density at radius 3 is 3.00 bits per heavy atom. The topological polar surface area (TPSA) is 100 Å². The predicted octanol–water partition coefficient (Wildman–Crippen LogP) is 0.385. The fraction of sp³-hybridized carbons (Fsp3) is 0.769. The van der Waals surface area contributed by atoms with Crippen LogP contribution in [0.2, 0.25) is 0 Å². The second-order valence-corrected chi connectivity index (χ2v) is 5.57. The number of nitrogens with zero attached hydrogens (tertiary/aromatic N) is 2. The highest BCUT2D eigenvalue weighted by Crippen LogP contribution is 2.25. The van der Waals surface area contributed by atoms with Gasteiger partial charge in [0.1, 0.15) is 0 Å². The van der Waals surface area contributed by atoms with E-state index in [0.29, 0.717) is 12.4 Å². The molecule has 1 aromatic rings. The standard InChI is InChI=1S/C13H20N4O3/c18-10-5-1-3-8(10)7-15-12(19)11-16-13(20-17-11)9-4-2-6-14-9/h8-10,14,18H,1-7H2,(H,15,19). The van der Waals surface area contributed by atoms with E-state index in [2.05, 4.69) is 20.8 Å². The summed E-state index contributed by atoms with van der Waals surface area (Å²) in [6, 6.07) is 0.0701. The lowest BCUT2D eigenvalue weighted by molar-refractivity contribution is 0.0904. The van der Waals surface area contributed by atoms with Gasteiger partial charge in [0.2, 0.25) is 5.89 Å². The first kappa shape index (κ1) is 13.5. The fourth-order valence-corrected chi connectivity index (χ4v) is 2.92. The number of amides is 1. The van der Waals surface area contributed by atoms with Gasteiger partial charge in [0.05, 0.1) is 12.1 Å². The maximum absolute atomic E-state index is 11.9. The van der Waals surface area contributed by atoms with Crippen molar-refractivity contribution in [2.75, 3.05) is 13.1 Å². The number of aliphatic hydroxyl groups is 1. The lowest BCUT2D eigenvalue weighted by atomic mass is 10.1. The summed E-state index contributed by atoms with van der Waals surface area (Å²) in [6.07, 6.45) is 4.51. The molecule has 0 radical (unpaired) electrons. The molecule has 1 saturated carbocycles. The van der Waals surface area contributed by atoms with Gasteiger partial charge in [0.25, 0.3) is 11.7 Å². The van der Waals surface area contributed by atoms with Gasteiger partial charge in [0, 0.05) is 12.5 Å². The minimum Gasteiger partial charge on any atom is -0.393 e. The Kier molecular flexibility index (Phi) is 3.98. The minimum absolute atomic E-state index is 0.0701. The Bertz CT molecular complexity index is 470. The minimum atomic E-state index is -0.336. The highest BCUT2D eigenvalue weighted by molar-refractivity contribution is 5.90. The Hall–Kier alpha value is -1.47. The number of aromatic nitrogens is 2. The number of hydrogen-bond acceptors (Lipinski definition) is 6. The molecule has 3 unspecified atom stereocenters. The summed E-state index contributed by atoms with van der Waals surface area (Å²) in [4.78, 5) is 16.1. The average molecular weight is 280 g/mol. The van der Waals surface area contributed by atoms with Crippen molar-refractivity contribution < 1.29 is 14.4 Å². The van der Waals surface area contributed by atoms with Gasteiger partial charge in [-0.3, -0.25) is 4.79 Å². The first-order valence-corrected chi connectivity index (χ1v) is 7.27. The van der Waals surface area contributed by atoms with Gasteiger partial charge < -0.3 is 20.3 Å². The van der Waals surface area contributed by atoms with Crippen LogP contribution in [0.25, 0.3) is 0 Å². The zero-order valence-corrected chi connectivity index (χ0v) is 11.3. The summed E-state index contributed by atoms with van der Waals surface area (Å²) in [6.45, 7) is 1.40. The van der Waals surface area contributed by atoms with Crippen molar-refractivity contribution >= 4 is 5.91 Å². The van der Waals surface area contributed by atoms with Crippen molar-refractivity contribution in [1.29, 1.82) is 0 Å². The zero-order chi connectivity index (χ0) is 13.9. The van der Waals surface area contributed by atoms with E-state index in [4.69, 9.17) is 4.52 Å². The van der Waals surface area contributed by atoms with E-state index < -0.39 is 0 Å². The van der Waals surface area contributed by atoms with E-state index in [1.807, 2.05) is 0 Å². The quantitative estimate of drug-likeness (QED) is 0.737. The molecule has 1 amide bonds. The molecule has 2 fully saturated rings. The molecule has 0 bridgehead atoms. The van der Waals surface area contributed by atoms with Crippen molar-refractivity contribution in [3.8, 4) is 0 Å². The Morgan fingerprint density at radius 1 is 1.40 bits per heavy atom. The van der Waals surface area contributed by atoms with E-state index in [-0.39, 0.29) is 29.8 Å². The van der Waals surface area contributed by atoms with Crippen LogP contribution in [0.1, 0.15) is 54.7 Å². The van der Waals surface area contributed by atoms with E-state index in [0.717, 1.165) is 38.6 Å². The molecule has 3 N–H and O–H groups in total. The highest BCUT2D eigenvalue weighted by atomic mass is 16.5. The molecule has 1 aliphatic heterocycles. The van der Waals surface area contributed by atoms with Gasteiger partial charge in [-0.05, 0) is 32.2 Å². The third-order valence-electron chi connectivity index (χ3n) is 4.15. The lowest BCUT2D eigenvalue weighted by Gasteiger charge is -2.13. The van der Waals surface area contributed by atoms with Crippen LogP contribution in [0.15, 0.2) is 4.52 Å². The molecule has 0 spiro atoms. The van der Waals surface area contributed by atoms with Crippen molar-refractivity contribution in [2.45, 2.75) is 44.2 Å². The number of carbonyl (C=O) groups is 1. The maximum Gasteiger partial charge on any atom is 0.292 e. The van der Waals surface area contributed by atoms with Gasteiger partial charge >= 0.3 is 0 Å². The molecule has 2 aliphatic rings.